The average molecular weight is 716 g/mol. The molecule has 0 bridgehead atoms. The van der Waals surface area contributed by atoms with Gasteiger partial charge >= 0.3 is 0 Å². The molecule has 9 aromatic carbocycles. The van der Waals surface area contributed by atoms with E-state index in [0.29, 0.717) is 0 Å². The van der Waals surface area contributed by atoms with Crippen LogP contribution in [-0.4, -0.2) is 0 Å². The molecule has 2 nitrogen and oxygen atoms in total. The minimum absolute atomic E-state index is 0.858. The van der Waals surface area contributed by atoms with Gasteiger partial charge in [-0.15, -0.1) is 0 Å². The van der Waals surface area contributed by atoms with Gasteiger partial charge in [-0.2, -0.15) is 0 Å². The van der Waals surface area contributed by atoms with Crippen LogP contribution in [0.2, 0.25) is 0 Å². The van der Waals surface area contributed by atoms with Crippen LogP contribution in [0.5, 0.6) is 0 Å². The Bertz CT molecular complexity index is 2950. The lowest BCUT2D eigenvalue weighted by Gasteiger charge is -2.29. The predicted molar refractivity (Wildman–Crippen MR) is 236 cm³/mol. The fraction of sp³-hybridized carbons (Fsp3) is 0. The van der Waals surface area contributed by atoms with Gasteiger partial charge in [-0.25, -0.2) is 0 Å². The number of nitrogens with zero attached hydrogens (tertiary/aromatic N) is 1. The van der Waals surface area contributed by atoms with Crippen molar-refractivity contribution in [1.29, 1.82) is 0 Å². The van der Waals surface area contributed by atoms with E-state index in [0.717, 1.165) is 50.1 Å². The molecule has 0 atom stereocenters. The summed E-state index contributed by atoms with van der Waals surface area (Å²) in [6, 6.07) is 80.1. The monoisotopic (exact) mass is 715 g/mol. The first-order valence-electron chi connectivity index (χ1n) is 19.1. The van der Waals surface area contributed by atoms with Gasteiger partial charge in [0.15, 0.2) is 0 Å². The summed E-state index contributed by atoms with van der Waals surface area (Å²) in [6.45, 7) is 0. The number of furan rings is 1. The van der Waals surface area contributed by atoms with E-state index in [1.165, 1.54) is 44.5 Å². The van der Waals surface area contributed by atoms with E-state index in [-0.39, 0.29) is 0 Å². The van der Waals surface area contributed by atoms with Crippen LogP contribution in [0.4, 0.5) is 17.1 Å². The first kappa shape index (κ1) is 33.2. The van der Waals surface area contributed by atoms with E-state index in [2.05, 4.69) is 223 Å². The zero-order chi connectivity index (χ0) is 37.3. The fourth-order valence-corrected chi connectivity index (χ4v) is 8.08. The van der Waals surface area contributed by atoms with Gasteiger partial charge in [-0.05, 0) is 92.5 Å². The SMILES string of the molecule is c1ccc(-c2ccc(N(c3ccccc3-c3ccc(-c4ccccc4)cc3-c3ccccc3-c3ccccc3)c3cccc4oc5ccccc5c34)cc2)cc1. The molecule has 10 rings (SSSR count). The van der Waals surface area contributed by atoms with Gasteiger partial charge in [0.2, 0.25) is 0 Å². The lowest BCUT2D eigenvalue weighted by Crippen LogP contribution is -2.11. The highest BCUT2D eigenvalue weighted by molar-refractivity contribution is 6.14. The molecule has 2 heteroatoms. The first-order valence-corrected chi connectivity index (χ1v) is 19.1. The molecule has 1 heterocycles. The number of rotatable bonds is 8. The van der Waals surface area contributed by atoms with E-state index in [1.807, 2.05) is 6.07 Å². The van der Waals surface area contributed by atoms with Crippen molar-refractivity contribution in [3.63, 3.8) is 0 Å². The molecule has 10 aromatic rings. The number of fused-ring (bicyclic) bond motifs is 3. The quantitative estimate of drug-likeness (QED) is 0.156. The maximum Gasteiger partial charge on any atom is 0.137 e. The Balaban J connectivity index is 1.23. The van der Waals surface area contributed by atoms with Crippen molar-refractivity contribution < 1.29 is 4.42 Å². The number of anilines is 3. The minimum atomic E-state index is 0.858. The third-order valence-corrected chi connectivity index (χ3v) is 10.7. The third kappa shape index (κ3) is 6.04. The summed E-state index contributed by atoms with van der Waals surface area (Å²) in [5.74, 6) is 0. The molecule has 0 aliphatic rings. The first-order chi connectivity index (χ1) is 27.8. The molecule has 0 aliphatic carbocycles. The van der Waals surface area contributed by atoms with Crippen LogP contribution in [0, 0.1) is 0 Å². The van der Waals surface area contributed by atoms with Crippen LogP contribution in [0.1, 0.15) is 0 Å². The Morgan fingerprint density at radius 1 is 0.286 bits per heavy atom. The molecule has 0 aliphatic heterocycles. The summed E-state index contributed by atoms with van der Waals surface area (Å²) in [7, 11) is 0. The highest BCUT2D eigenvalue weighted by Gasteiger charge is 2.24. The van der Waals surface area contributed by atoms with Gasteiger partial charge < -0.3 is 9.32 Å². The van der Waals surface area contributed by atoms with E-state index in [9.17, 15) is 0 Å². The van der Waals surface area contributed by atoms with E-state index < -0.39 is 0 Å². The molecule has 0 radical (unpaired) electrons. The summed E-state index contributed by atoms with van der Waals surface area (Å²) in [4.78, 5) is 2.41. The number of hydrogen-bond donors (Lipinski definition) is 0. The summed E-state index contributed by atoms with van der Waals surface area (Å²) in [6.07, 6.45) is 0. The molecular weight excluding hydrogens is 679 g/mol. The maximum atomic E-state index is 6.47. The maximum absolute atomic E-state index is 6.47. The zero-order valence-electron chi connectivity index (χ0n) is 30.7. The van der Waals surface area contributed by atoms with Gasteiger partial charge in [0.05, 0.1) is 16.8 Å². The Labute approximate surface area is 327 Å². The van der Waals surface area contributed by atoms with E-state index >= 15 is 0 Å². The van der Waals surface area contributed by atoms with Crippen molar-refractivity contribution in [3.8, 4) is 55.6 Å². The van der Waals surface area contributed by atoms with E-state index in [1.54, 1.807) is 0 Å². The predicted octanol–water partition coefficient (Wildman–Crippen LogP) is 15.4. The van der Waals surface area contributed by atoms with Crippen molar-refractivity contribution in [2.24, 2.45) is 0 Å². The summed E-state index contributed by atoms with van der Waals surface area (Å²) < 4.78 is 6.47. The topological polar surface area (TPSA) is 16.4 Å². The van der Waals surface area contributed by atoms with Crippen LogP contribution in [-0.2, 0) is 0 Å². The number of hydrogen-bond acceptors (Lipinski definition) is 2. The lowest BCUT2D eigenvalue weighted by atomic mass is 9.86. The molecule has 0 saturated heterocycles. The van der Waals surface area contributed by atoms with Gasteiger partial charge in [-0.1, -0.05) is 182 Å². The second-order valence-corrected chi connectivity index (χ2v) is 14.1. The van der Waals surface area contributed by atoms with Crippen molar-refractivity contribution in [1.82, 2.24) is 0 Å². The molecule has 0 spiro atoms. The average Bonchev–Trinajstić information content (AvgIpc) is 3.67. The molecule has 1 aromatic heterocycles. The highest BCUT2D eigenvalue weighted by atomic mass is 16.3. The van der Waals surface area contributed by atoms with E-state index in [4.69, 9.17) is 4.42 Å². The van der Waals surface area contributed by atoms with Crippen molar-refractivity contribution >= 4 is 39.0 Å². The third-order valence-electron chi connectivity index (χ3n) is 10.7. The molecule has 264 valence electrons. The summed E-state index contributed by atoms with van der Waals surface area (Å²) >= 11 is 0. The molecule has 0 fully saturated rings. The van der Waals surface area contributed by atoms with Crippen LogP contribution in [0.25, 0.3) is 77.6 Å². The van der Waals surface area contributed by atoms with Crippen molar-refractivity contribution in [2.75, 3.05) is 4.90 Å². The van der Waals surface area contributed by atoms with Crippen molar-refractivity contribution in [3.05, 3.63) is 224 Å². The number of benzene rings is 9. The van der Waals surface area contributed by atoms with Crippen LogP contribution in [0.3, 0.4) is 0 Å². The minimum Gasteiger partial charge on any atom is -0.456 e. The molecule has 0 N–H and O–H groups in total. The normalized spacial score (nSPS) is 11.2. The Morgan fingerprint density at radius 2 is 0.786 bits per heavy atom. The molecule has 0 saturated carbocycles. The van der Waals surface area contributed by atoms with Crippen LogP contribution >= 0.6 is 0 Å². The van der Waals surface area contributed by atoms with Gasteiger partial charge in [0, 0.05) is 16.6 Å². The molecule has 0 unspecified atom stereocenters. The Morgan fingerprint density at radius 3 is 1.52 bits per heavy atom. The van der Waals surface area contributed by atoms with Gasteiger partial charge in [0.1, 0.15) is 11.2 Å². The Kier molecular flexibility index (Phi) is 8.55. The Hall–Kier alpha value is -7.42. The second kappa shape index (κ2) is 14.4. The molecule has 0 amide bonds. The molecule has 56 heavy (non-hydrogen) atoms. The van der Waals surface area contributed by atoms with Crippen LogP contribution < -0.4 is 4.90 Å². The lowest BCUT2D eigenvalue weighted by molar-refractivity contribution is 0.669. The summed E-state index contributed by atoms with van der Waals surface area (Å²) in [5, 5.41) is 2.17. The zero-order valence-corrected chi connectivity index (χ0v) is 30.7. The largest absolute Gasteiger partial charge is 0.456 e. The summed E-state index contributed by atoms with van der Waals surface area (Å²) in [5.41, 5.74) is 16.7. The molecular formula is C54H37NO. The van der Waals surface area contributed by atoms with Gasteiger partial charge in [0.25, 0.3) is 0 Å². The highest BCUT2D eigenvalue weighted by Crippen LogP contribution is 2.49. The second-order valence-electron chi connectivity index (χ2n) is 14.1. The van der Waals surface area contributed by atoms with Crippen LogP contribution in [0.15, 0.2) is 229 Å². The number of para-hydroxylation sites is 2. The fourth-order valence-electron chi connectivity index (χ4n) is 8.08. The van der Waals surface area contributed by atoms with Gasteiger partial charge in [-0.3, -0.25) is 0 Å². The van der Waals surface area contributed by atoms with Crippen molar-refractivity contribution in [2.45, 2.75) is 0 Å². The standard InChI is InChI=1S/C54H37NO/c1-4-17-38(18-5-1)40-31-34-43(35-32-40)55(51-28-16-30-53-54(51)48-26-13-15-29-52(48)56-53)50-27-14-12-25-47(50)46-36-33-42(39-19-6-2-7-20-39)37-49(46)45-24-11-10-23-44(45)41-21-8-3-9-22-41/h1-37H. The smallest absolute Gasteiger partial charge is 0.137 e.